The summed E-state index contributed by atoms with van der Waals surface area (Å²) in [6.07, 6.45) is 1.24. The Labute approximate surface area is 84.5 Å². The molecule has 0 aromatic carbocycles. The first-order valence-electron chi connectivity index (χ1n) is 3.15. The third-order valence-electron chi connectivity index (χ3n) is 1.44. The summed E-state index contributed by atoms with van der Waals surface area (Å²) in [6, 6.07) is 0. The van der Waals surface area contributed by atoms with Gasteiger partial charge in [0, 0.05) is 6.20 Å². The van der Waals surface area contributed by atoms with E-state index in [1.165, 1.54) is 6.20 Å². The van der Waals surface area contributed by atoms with Crippen LogP contribution in [-0.4, -0.2) is 14.6 Å². The number of aromatic nitrogens is 3. The van der Waals surface area contributed by atoms with Crippen LogP contribution in [0.4, 0.5) is 8.78 Å². The molecule has 0 spiro atoms. The quantitative estimate of drug-likeness (QED) is 0.734. The fraction of sp³-hybridized carbons (Fsp3) is 0. The highest BCUT2D eigenvalue weighted by atomic mass is 79.9. The summed E-state index contributed by atoms with van der Waals surface area (Å²) in [5, 5.41) is 3.48. The van der Waals surface area contributed by atoms with E-state index in [0.29, 0.717) is 0 Å². The second-order valence-corrected chi connectivity index (χ2v) is 3.45. The molecule has 68 valence electrons. The van der Waals surface area contributed by atoms with Crippen molar-refractivity contribution in [3.63, 3.8) is 0 Å². The molecule has 0 atom stereocenters. The molecule has 0 fully saturated rings. The fourth-order valence-corrected chi connectivity index (χ4v) is 1.43. The highest BCUT2D eigenvalue weighted by molar-refractivity contribution is 9.10. The summed E-state index contributed by atoms with van der Waals surface area (Å²) in [5.74, 6) is -2.08. The van der Waals surface area contributed by atoms with Crippen molar-refractivity contribution in [1.82, 2.24) is 14.6 Å². The molecule has 2 heterocycles. The van der Waals surface area contributed by atoms with Gasteiger partial charge in [0.2, 0.25) is 11.1 Å². The molecule has 0 saturated carbocycles. The van der Waals surface area contributed by atoms with Gasteiger partial charge in [0.05, 0.1) is 4.47 Å². The average Bonchev–Trinajstić information content (AvgIpc) is 2.42. The van der Waals surface area contributed by atoms with E-state index in [-0.39, 0.29) is 15.4 Å². The van der Waals surface area contributed by atoms with Crippen molar-refractivity contribution in [2.45, 2.75) is 0 Å². The standard InChI is InChI=1S/C6HBrClF2N3/c7-2-1-13-5(4(10)3(2)9)11-6(8)12-13/h1H. The Balaban J connectivity index is 2.92. The molecule has 2 aromatic heterocycles. The van der Waals surface area contributed by atoms with Crippen LogP contribution in [-0.2, 0) is 0 Å². The number of nitrogens with zero attached hydrogens (tertiary/aromatic N) is 3. The maximum absolute atomic E-state index is 13.1. The minimum absolute atomic E-state index is 0.0286. The SMILES string of the molecule is Fc1c(Br)cn2nc(Cl)nc2c1F. The summed E-state index contributed by atoms with van der Waals surface area (Å²) in [5.41, 5.74) is -0.231. The van der Waals surface area contributed by atoms with E-state index in [9.17, 15) is 8.78 Å². The van der Waals surface area contributed by atoms with Crippen molar-refractivity contribution in [3.05, 3.63) is 27.6 Å². The molecule has 0 saturated heterocycles. The summed E-state index contributed by atoms with van der Waals surface area (Å²) in [7, 11) is 0. The molecule has 2 aromatic rings. The number of fused-ring (bicyclic) bond motifs is 1. The van der Waals surface area contributed by atoms with Gasteiger partial charge < -0.3 is 0 Å². The van der Waals surface area contributed by atoms with Crippen LogP contribution in [0.3, 0.4) is 0 Å². The van der Waals surface area contributed by atoms with Gasteiger partial charge in [0.1, 0.15) is 0 Å². The molecule has 0 unspecified atom stereocenters. The molecule has 0 radical (unpaired) electrons. The first-order chi connectivity index (χ1) is 6.09. The van der Waals surface area contributed by atoms with E-state index in [2.05, 4.69) is 26.0 Å². The average molecular weight is 268 g/mol. The van der Waals surface area contributed by atoms with Gasteiger partial charge in [-0.2, -0.15) is 9.37 Å². The lowest BCUT2D eigenvalue weighted by molar-refractivity contribution is 0.503. The molecule has 0 bridgehead atoms. The Morgan fingerprint density at radius 2 is 2.08 bits per heavy atom. The first-order valence-corrected chi connectivity index (χ1v) is 4.32. The van der Waals surface area contributed by atoms with Crippen molar-refractivity contribution in [3.8, 4) is 0 Å². The smallest absolute Gasteiger partial charge is 0.215 e. The lowest BCUT2D eigenvalue weighted by Gasteiger charge is -1.96. The van der Waals surface area contributed by atoms with Gasteiger partial charge >= 0.3 is 0 Å². The van der Waals surface area contributed by atoms with E-state index < -0.39 is 11.6 Å². The number of halogens is 4. The molecule has 0 aliphatic carbocycles. The molecule has 0 aliphatic heterocycles. The van der Waals surface area contributed by atoms with Gasteiger partial charge in [-0.1, -0.05) is 0 Å². The molecule has 3 nitrogen and oxygen atoms in total. The highest BCUT2D eigenvalue weighted by Crippen LogP contribution is 2.21. The lowest BCUT2D eigenvalue weighted by atomic mass is 10.4. The van der Waals surface area contributed by atoms with Crippen molar-refractivity contribution < 1.29 is 8.78 Å². The van der Waals surface area contributed by atoms with E-state index in [1.54, 1.807) is 0 Å². The molecular weight excluding hydrogens is 267 g/mol. The molecule has 13 heavy (non-hydrogen) atoms. The molecule has 0 N–H and O–H groups in total. The van der Waals surface area contributed by atoms with Crippen LogP contribution < -0.4 is 0 Å². The van der Waals surface area contributed by atoms with E-state index >= 15 is 0 Å². The Bertz CT molecular complexity index is 484. The Hall–Kier alpha value is -0.750. The van der Waals surface area contributed by atoms with Gasteiger partial charge in [-0.15, -0.1) is 5.10 Å². The third-order valence-corrected chi connectivity index (χ3v) is 2.15. The molecule has 0 amide bonds. The molecule has 7 heteroatoms. The second-order valence-electron chi connectivity index (χ2n) is 2.25. The van der Waals surface area contributed by atoms with Crippen LogP contribution in [0.2, 0.25) is 5.28 Å². The summed E-state index contributed by atoms with van der Waals surface area (Å²) >= 11 is 8.24. The Morgan fingerprint density at radius 1 is 1.38 bits per heavy atom. The van der Waals surface area contributed by atoms with Crippen LogP contribution >= 0.6 is 27.5 Å². The van der Waals surface area contributed by atoms with E-state index in [0.717, 1.165) is 4.52 Å². The Morgan fingerprint density at radius 3 is 2.77 bits per heavy atom. The van der Waals surface area contributed by atoms with Gasteiger partial charge in [-0.25, -0.2) is 8.91 Å². The van der Waals surface area contributed by atoms with Crippen LogP contribution in [0.25, 0.3) is 5.65 Å². The Kier molecular flexibility index (Phi) is 1.96. The van der Waals surface area contributed by atoms with Crippen molar-refractivity contribution >= 4 is 33.2 Å². The topological polar surface area (TPSA) is 30.2 Å². The second kappa shape index (κ2) is 2.88. The molecule has 0 aliphatic rings. The fourth-order valence-electron chi connectivity index (χ4n) is 0.904. The summed E-state index contributed by atoms with van der Waals surface area (Å²) in [4.78, 5) is 3.50. The van der Waals surface area contributed by atoms with Crippen LogP contribution in [0.15, 0.2) is 10.7 Å². The van der Waals surface area contributed by atoms with Gasteiger partial charge in [0.15, 0.2) is 11.5 Å². The van der Waals surface area contributed by atoms with Crippen molar-refractivity contribution in [2.75, 3.05) is 0 Å². The predicted molar refractivity (Wildman–Crippen MR) is 45.6 cm³/mol. The zero-order valence-electron chi connectivity index (χ0n) is 5.93. The third kappa shape index (κ3) is 1.30. The van der Waals surface area contributed by atoms with Crippen LogP contribution in [0.5, 0.6) is 0 Å². The summed E-state index contributed by atoms with van der Waals surface area (Å²) < 4.78 is 27.0. The zero-order valence-corrected chi connectivity index (χ0v) is 8.27. The van der Waals surface area contributed by atoms with E-state index in [4.69, 9.17) is 11.6 Å². The van der Waals surface area contributed by atoms with Crippen LogP contribution in [0.1, 0.15) is 0 Å². The minimum Gasteiger partial charge on any atom is -0.215 e. The van der Waals surface area contributed by atoms with Gasteiger partial charge in [0.25, 0.3) is 0 Å². The maximum Gasteiger partial charge on any atom is 0.243 e. The molecule has 2 rings (SSSR count). The zero-order chi connectivity index (χ0) is 9.59. The van der Waals surface area contributed by atoms with Crippen molar-refractivity contribution in [2.24, 2.45) is 0 Å². The highest BCUT2D eigenvalue weighted by Gasteiger charge is 2.15. The van der Waals surface area contributed by atoms with Crippen LogP contribution in [0, 0.1) is 11.6 Å². The lowest BCUT2D eigenvalue weighted by Crippen LogP contribution is -1.95. The van der Waals surface area contributed by atoms with Gasteiger partial charge in [-0.3, -0.25) is 0 Å². The largest absolute Gasteiger partial charge is 0.243 e. The first kappa shape index (κ1) is 8.83. The maximum atomic E-state index is 13.1. The number of pyridine rings is 1. The number of hydrogen-bond donors (Lipinski definition) is 0. The minimum atomic E-state index is -1.08. The van der Waals surface area contributed by atoms with Crippen molar-refractivity contribution in [1.29, 1.82) is 0 Å². The normalized spacial score (nSPS) is 11.1. The summed E-state index contributed by atoms with van der Waals surface area (Å²) in [6.45, 7) is 0. The number of rotatable bonds is 0. The molecular formula is C6HBrClF2N3. The monoisotopic (exact) mass is 267 g/mol. The van der Waals surface area contributed by atoms with E-state index in [1.807, 2.05) is 0 Å². The number of hydrogen-bond acceptors (Lipinski definition) is 2. The van der Waals surface area contributed by atoms with Gasteiger partial charge in [-0.05, 0) is 27.5 Å². The predicted octanol–water partition coefficient (Wildman–Crippen LogP) is 2.42.